The molecule has 1 aliphatic heterocycles. The van der Waals surface area contributed by atoms with E-state index in [9.17, 15) is 10.2 Å². The second-order valence-corrected chi connectivity index (χ2v) is 17.9. The van der Waals surface area contributed by atoms with E-state index in [1.165, 1.54) is 0 Å². The van der Waals surface area contributed by atoms with Gasteiger partial charge in [-0.15, -0.1) is 6.58 Å². The van der Waals surface area contributed by atoms with Crippen molar-refractivity contribution in [3.8, 4) is 11.5 Å². The lowest BCUT2D eigenvalue weighted by Crippen LogP contribution is -2.70. The number of pyridine rings is 1. The van der Waals surface area contributed by atoms with Gasteiger partial charge < -0.3 is 38.7 Å². The SMILES string of the molecule is C=CCOC12Oc3ccc(OCc4cccc(C)n4)cc3C3C(CCCCO)C(CCCCO)C=C(C(=NOC)CC1N(Cc1cccc4ccccc14)C(=O)OCCOCc1ccccc1)C32. The summed E-state index contributed by atoms with van der Waals surface area (Å²) in [7, 11) is 1.55. The van der Waals surface area contributed by atoms with E-state index in [4.69, 9.17) is 33.7 Å². The number of fused-ring (bicyclic) bond motifs is 3. The van der Waals surface area contributed by atoms with Gasteiger partial charge in [-0.2, -0.15) is 0 Å². The van der Waals surface area contributed by atoms with Crippen LogP contribution in [0, 0.1) is 24.7 Å². The maximum Gasteiger partial charge on any atom is 0.410 e. The Hall–Kier alpha value is -6.05. The lowest BCUT2D eigenvalue weighted by Gasteiger charge is -2.59. The molecule has 2 heterocycles. The lowest BCUT2D eigenvalue weighted by molar-refractivity contribution is -0.256. The maximum absolute atomic E-state index is 15.1. The molecule has 5 aromatic rings. The van der Waals surface area contributed by atoms with Crippen molar-refractivity contribution < 1.29 is 43.5 Å². The van der Waals surface area contributed by atoms with E-state index in [2.05, 4.69) is 41.9 Å². The number of hydrogen-bond donors (Lipinski definition) is 2. The van der Waals surface area contributed by atoms with Gasteiger partial charge in [0.2, 0.25) is 5.79 Å². The summed E-state index contributed by atoms with van der Waals surface area (Å²) >= 11 is 0. The number of unbranched alkanes of at least 4 members (excludes halogenated alkanes) is 2. The molecule has 68 heavy (non-hydrogen) atoms. The zero-order valence-corrected chi connectivity index (χ0v) is 39.3. The van der Waals surface area contributed by atoms with E-state index < -0.39 is 23.8 Å². The number of aryl methyl sites for hydroxylation is 1. The van der Waals surface area contributed by atoms with Gasteiger partial charge in [0, 0.05) is 36.8 Å². The standard InChI is InChI=1S/C56H65N3O9/c1-4-30-67-56-52(59(36-43-22-15-21-41-19-8-9-24-46(41)43)55(62)65-32-31-64-37-40-17-6-5-7-18-40)35-50(58-63-3)48-33-42(20-10-12-28-60)47(25-11-13-29-61)53(54(48)56)49-34-45(26-27-51(49)68-56)66-38-44-23-14-16-39(2)57-44/h4-9,14-19,21-24,26-27,33-34,42,47,52-54,60-61H,1,10-13,20,25,28-32,35-38H2,2-3H3. The van der Waals surface area contributed by atoms with Crippen molar-refractivity contribution >= 4 is 22.6 Å². The minimum absolute atomic E-state index is 0.0220. The summed E-state index contributed by atoms with van der Waals surface area (Å²) < 4.78 is 33.3. The maximum atomic E-state index is 15.1. The van der Waals surface area contributed by atoms with E-state index in [0.717, 1.165) is 70.1 Å². The van der Waals surface area contributed by atoms with Crippen LogP contribution < -0.4 is 9.47 Å². The zero-order chi connectivity index (χ0) is 47.3. The Kier molecular flexibility index (Phi) is 16.6. The number of benzene rings is 4. The predicted octanol–water partition coefficient (Wildman–Crippen LogP) is 10.2. The molecule has 0 bridgehead atoms. The minimum Gasteiger partial charge on any atom is -0.487 e. The molecule has 358 valence electrons. The number of carbonyl (C=O) groups excluding carboxylic acids is 1. The molecule has 6 unspecified atom stereocenters. The topological polar surface area (TPSA) is 141 Å². The number of carbonyl (C=O) groups is 1. The summed E-state index contributed by atoms with van der Waals surface area (Å²) in [6.45, 7) is 7.43. The molecular weight excluding hydrogens is 859 g/mol. The summed E-state index contributed by atoms with van der Waals surface area (Å²) in [4.78, 5) is 27.2. The quantitative estimate of drug-likeness (QED) is 0.0369. The monoisotopic (exact) mass is 923 g/mol. The van der Waals surface area contributed by atoms with E-state index >= 15 is 4.79 Å². The average Bonchev–Trinajstić information content (AvgIpc) is 3.36. The van der Waals surface area contributed by atoms with Crippen LogP contribution in [-0.2, 0) is 38.8 Å². The number of hydrogen-bond acceptors (Lipinski definition) is 11. The molecule has 4 aromatic carbocycles. The number of amides is 1. The van der Waals surface area contributed by atoms with Gasteiger partial charge in [0.15, 0.2) is 0 Å². The number of rotatable bonds is 23. The van der Waals surface area contributed by atoms with E-state index in [-0.39, 0.29) is 70.4 Å². The summed E-state index contributed by atoms with van der Waals surface area (Å²) in [5, 5.41) is 26.8. The molecule has 1 saturated carbocycles. The molecule has 1 fully saturated rings. The Balaban J connectivity index is 1.26. The molecular formula is C56H65N3O9. The van der Waals surface area contributed by atoms with Crippen LogP contribution in [0.15, 0.2) is 139 Å². The second kappa shape index (κ2) is 23.3. The molecule has 0 saturated heterocycles. The fourth-order valence-electron chi connectivity index (χ4n) is 10.6. The van der Waals surface area contributed by atoms with Gasteiger partial charge in [-0.05, 0) is 102 Å². The van der Waals surface area contributed by atoms with Crippen molar-refractivity contribution in [3.05, 3.63) is 162 Å². The first-order valence-corrected chi connectivity index (χ1v) is 24.1. The molecule has 8 rings (SSSR count). The molecule has 1 amide bonds. The first kappa shape index (κ1) is 48.4. The zero-order valence-electron chi connectivity index (χ0n) is 39.3. The Labute approximate surface area is 400 Å². The predicted molar refractivity (Wildman–Crippen MR) is 262 cm³/mol. The lowest BCUT2D eigenvalue weighted by atomic mass is 9.55. The summed E-state index contributed by atoms with van der Waals surface area (Å²) in [6, 6.07) is 35.2. The van der Waals surface area contributed by atoms with Crippen LogP contribution in [0.2, 0.25) is 0 Å². The number of oxime groups is 1. The number of aliphatic hydroxyl groups is 2. The molecule has 2 aliphatic carbocycles. The van der Waals surface area contributed by atoms with Gasteiger partial charge >= 0.3 is 6.09 Å². The van der Waals surface area contributed by atoms with Gasteiger partial charge in [0.05, 0.1) is 43.7 Å². The number of allylic oxidation sites excluding steroid dienone is 1. The summed E-state index contributed by atoms with van der Waals surface area (Å²) in [6.07, 6.45) is 8.31. The second-order valence-electron chi connectivity index (χ2n) is 17.9. The first-order valence-electron chi connectivity index (χ1n) is 24.1. The van der Waals surface area contributed by atoms with Crippen LogP contribution in [-0.4, -0.2) is 83.9 Å². The van der Waals surface area contributed by atoms with Gasteiger partial charge in [0.25, 0.3) is 0 Å². The van der Waals surface area contributed by atoms with Crippen LogP contribution in [0.25, 0.3) is 10.8 Å². The molecule has 3 aliphatic rings. The normalized spacial score (nSPS) is 22.1. The van der Waals surface area contributed by atoms with Gasteiger partial charge in [0.1, 0.15) is 37.9 Å². The highest BCUT2D eigenvalue weighted by Gasteiger charge is 2.65. The molecule has 12 heteroatoms. The smallest absolute Gasteiger partial charge is 0.410 e. The Bertz CT molecular complexity index is 2520. The fraction of sp³-hybridized carbons (Fsp3) is 0.411. The first-order chi connectivity index (χ1) is 33.4. The van der Waals surface area contributed by atoms with E-state index in [0.29, 0.717) is 36.7 Å². The third kappa shape index (κ3) is 10.9. The minimum atomic E-state index is -1.48. The molecule has 12 nitrogen and oxygen atoms in total. The summed E-state index contributed by atoms with van der Waals surface area (Å²) in [5.41, 5.74) is 6.29. The van der Waals surface area contributed by atoms with Gasteiger partial charge in [-0.3, -0.25) is 9.88 Å². The van der Waals surface area contributed by atoms with Crippen molar-refractivity contribution in [3.63, 3.8) is 0 Å². The number of aromatic nitrogens is 1. The van der Waals surface area contributed by atoms with Crippen molar-refractivity contribution in [2.24, 2.45) is 22.9 Å². The third-order valence-electron chi connectivity index (χ3n) is 13.6. The molecule has 1 aromatic heterocycles. The van der Waals surface area contributed by atoms with E-state index in [1.807, 2.05) is 91.9 Å². The van der Waals surface area contributed by atoms with Gasteiger partial charge in [-0.25, -0.2) is 4.79 Å². The Morgan fingerprint density at radius 1 is 0.912 bits per heavy atom. The van der Waals surface area contributed by atoms with Crippen molar-refractivity contribution in [1.82, 2.24) is 9.88 Å². The number of nitrogens with zero attached hydrogens (tertiary/aromatic N) is 3. The van der Waals surface area contributed by atoms with E-state index in [1.54, 1.807) is 18.1 Å². The van der Waals surface area contributed by atoms with Gasteiger partial charge in [-0.1, -0.05) is 109 Å². The number of aliphatic hydroxyl groups excluding tert-OH is 2. The molecule has 0 spiro atoms. The number of ether oxygens (including phenoxy) is 5. The van der Waals surface area contributed by atoms with Crippen LogP contribution in [0.4, 0.5) is 4.79 Å². The fourth-order valence-corrected chi connectivity index (χ4v) is 10.6. The highest BCUT2D eigenvalue weighted by molar-refractivity contribution is 6.03. The van der Waals surface area contributed by atoms with Crippen molar-refractivity contribution in [2.75, 3.05) is 40.1 Å². The van der Waals surface area contributed by atoms with Crippen LogP contribution in [0.3, 0.4) is 0 Å². The highest BCUT2D eigenvalue weighted by Crippen LogP contribution is 2.62. The van der Waals surface area contributed by atoms with Crippen LogP contribution in [0.1, 0.15) is 78.9 Å². The Morgan fingerprint density at radius 3 is 2.49 bits per heavy atom. The van der Waals surface area contributed by atoms with Crippen LogP contribution in [0.5, 0.6) is 11.5 Å². The van der Waals surface area contributed by atoms with Crippen LogP contribution >= 0.6 is 0 Å². The highest BCUT2D eigenvalue weighted by atomic mass is 16.7. The summed E-state index contributed by atoms with van der Waals surface area (Å²) in [5.74, 6) is -0.784. The van der Waals surface area contributed by atoms with Crippen molar-refractivity contribution in [2.45, 2.75) is 89.4 Å². The largest absolute Gasteiger partial charge is 0.487 e. The molecule has 0 radical (unpaired) electrons. The third-order valence-corrected chi connectivity index (χ3v) is 13.6. The van der Waals surface area contributed by atoms with Crippen molar-refractivity contribution in [1.29, 1.82) is 0 Å². The Morgan fingerprint density at radius 2 is 1.69 bits per heavy atom. The molecule has 2 N–H and O–H groups in total. The molecule has 6 atom stereocenters. The average molecular weight is 924 g/mol.